The molecule has 7 nitrogen and oxygen atoms in total. The van der Waals surface area contributed by atoms with Gasteiger partial charge in [0.15, 0.2) is 6.61 Å². The molecule has 0 aliphatic rings. The average molecular weight is 455 g/mol. The first-order chi connectivity index (χ1) is 15.3. The summed E-state index contributed by atoms with van der Waals surface area (Å²) in [5.74, 6) is -1.64. The topological polar surface area (TPSA) is 88.2 Å². The fourth-order valence-electron chi connectivity index (χ4n) is 3.08. The Balaban J connectivity index is 1.67. The summed E-state index contributed by atoms with van der Waals surface area (Å²) in [6, 6.07) is 13.8. The van der Waals surface area contributed by atoms with Crippen LogP contribution in [-0.4, -0.2) is 34.8 Å². The predicted molar refractivity (Wildman–Crippen MR) is 117 cm³/mol. The summed E-state index contributed by atoms with van der Waals surface area (Å²) < 4.78 is 20.0. The Morgan fingerprint density at radius 2 is 1.81 bits per heavy atom. The Labute approximate surface area is 189 Å². The molecule has 0 bridgehead atoms. The maximum Gasteiger partial charge on any atom is 0.338 e. The quantitative estimate of drug-likeness (QED) is 0.494. The molecular formula is C23H20ClFN4O3. The number of nitrogens with zero attached hydrogens (tertiary/aromatic N) is 4. The molecule has 0 spiro atoms. The number of anilines is 1. The molecule has 32 heavy (non-hydrogen) atoms. The van der Waals surface area contributed by atoms with Gasteiger partial charge >= 0.3 is 5.97 Å². The van der Waals surface area contributed by atoms with Crippen LogP contribution in [0.2, 0.25) is 5.02 Å². The van der Waals surface area contributed by atoms with Crippen molar-refractivity contribution in [3.63, 3.8) is 0 Å². The Bertz CT molecular complexity index is 1170. The van der Waals surface area contributed by atoms with Gasteiger partial charge in [0.2, 0.25) is 0 Å². The van der Waals surface area contributed by atoms with Gasteiger partial charge in [-0.2, -0.15) is 10.4 Å². The standard InChI is InChI=1S/C23H20ClFN4O3/c1-15-22(24)16(2)29(27-15)20-8-4-17(5-9-20)23(31)32-14-21(30)28(13-3-12-26)19-10-6-18(25)7-11-19/h4-11H,3,13-14H2,1-2H3. The lowest BCUT2D eigenvalue weighted by Crippen LogP contribution is -2.35. The molecule has 1 heterocycles. The number of aryl methyl sites for hydroxylation is 1. The first-order valence-corrected chi connectivity index (χ1v) is 10.1. The number of hydrogen-bond donors (Lipinski definition) is 0. The molecule has 164 valence electrons. The van der Waals surface area contributed by atoms with Crippen molar-refractivity contribution in [2.45, 2.75) is 20.3 Å². The smallest absolute Gasteiger partial charge is 0.338 e. The molecule has 9 heteroatoms. The van der Waals surface area contributed by atoms with Crippen molar-refractivity contribution in [3.05, 3.63) is 76.3 Å². The van der Waals surface area contributed by atoms with E-state index in [1.165, 1.54) is 29.2 Å². The highest BCUT2D eigenvalue weighted by Crippen LogP contribution is 2.22. The second-order valence-electron chi connectivity index (χ2n) is 6.95. The number of amides is 1. The van der Waals surface area contributed by atoms with E-state index in [2.05, 4.69) is 5.10 Å². The molecular weight excluding hydrogens is 435 g/mol. The van der Waals surface area contributed by atoms with Crippen LogP contribution in [0, 0.1) is 31.0 Å². The van der Waals surface area contributed by atoms with E-state index in [9.17, 15) is 14.0 Å². The monoisotopic (exact) mass is 454 g/mol. The van der Waals surface area contributed by atoms with Crippen molar-refractivity contribution in [3.8, 4) is 11.8 Å². The zero-order valence-electron chi connectivity index (χ0n) is 17.5. The van der Waals surface area contributed by atoms with E-state index in [4.69, 9.17) is 21.6 Å². The van der Waals surface area contributed by atoms with Crippen LogP contribution in [0.1, 0.15) is 28.2 Å². The number of nitriles is 1. The van der Waals surface area contributed by atoms with E-state index in [-0.39, 0.29) is 18.5 Å². The first kappa shape index (κ1) is 23.0. The number of aromatic nitrogens is 2. The second-order valence-corrected chi connectivity index (χ2v) is 7.33. The van der Waals surface area contributed by atoms with Gasteiger partial charge in [0.05, 0.1) is 40.2 Å². The summed E-state index contributed by atoms with van der Waals surface area (Å²) in [5, 5.41) is 13.8. The Kier molecular flexibility index (Phi) is 7.23. The Morgan fingerprint density at radius 3 is 2.38 bits per heavy atom. The molecule has 2 aromatic carbocycles. The number of ether oxygens (including phenoxy) is 1. The van der Waals surface area contributed by atoms with Gasteiger partial charge in [-0.25, -0.2) is 13.9 Å². The summed E-state index contributed by atoms with van der Waals surface area (Å²) in [5.41, 5.74) is 2.89. The van der Waals surface area contributed by atoms with Crippen molar-refractivity contribution >= 4 is 29.2 Å². The summed E-state index contributed by atoms with van der Waals surface area (Å²) in [7, 11) is 0. The van der Waals surface area contributed by atoms with Crippen LogP contribution in [-0.2, 0) is 9.53 Å². The van der Waals surface area contributed by atoms with Crippen LogP contribution in [0.25, 0.3) is 5.69 Å². The molecule has 0 atom stereocenters. The summed E-state index contributed by atoms with van der Waals surface area (Å²) >= 11 is 6.18. The van der Waals surface area contributed by atoms with Crippen molar-refractivity contribution in [2.24, 2.45) is 0 Å². The van der Waals surface area contributed by atoms with Crippen LogP contribution in [0.15, 0.2) is 48.5 Å². The van der Waals surface area contributed by atoms with Gasteiger partial charge in [0, 0.05) is 12.2 Å². The van der Waals surface area contributed by atoms with E-state index >= 15 is 0 Å². The predicted octanol–water partition coefficient (Wildman–Crippen LogP) is 4.39. The van der Waals surface area contributed by atoms with Crippen LogP contribution < -0.4 is 4.90 Å². The highest BCUT2D eigenvalue weighted by molar-refractivity contribution is 6.31. The van der Waals surface area contributed by atoms with E-state index in [1.54, 1.807) is 35.9 Å². The molecule has 3 aromatic rings. The second kappa shape index (κ2) is 10.1. The summed E-state index contributed by atoms with van der Waals surface area (Å²) in [4.78, 5) is 26.3. The highest BCUT2D eigenvalue weighted by Gasteiger charge is 2.19. The van der Waals surface area contributed by atoms with Gasteiger partial charge in [0.25, 0.3) is 5.91 Å². The molecule has 1 aromatic heterocycles. The van der Waals surface area contributed by atoms with Gasteiger partial charge in [-0.15, -0.1) is 0 Å². The van der Waals surface area contributed by atoms with E-state index in [0.29, 0.717) is 16.4 Å². The Hall–Kier alpha value is -3.70. The normalized spacial score (nSPS) is 10.5. The van der Waals surface area contributed by atoms with Gasteiger partial charge in [-0.1, -0.05) is 11.6 Å². The van der Waals surface area contributed by atoms with Gasteiger partial charge < -0.3 is 9.64 Å². The fourth-order valence-corrected chi connectivity index (χ4v) is 3.20. The van der Waals surface area contributed by atoms with E-state index < -0.39 is 24.3 Å². The van der Waals surface area contributed by atoms with E-state index in [1.807, 2.05) is 13.0 Å². The lowest BCUT2D eigenvalue weighted by molar-refractivity contribution is -0.121. The van der Waals surface area contributed by atoms with Gasteiger partial charge in [-0.05, 0) is 62.4 Å². The third kappa shape index (κ3) is 5.13. The third-order valence-electron chi connectivity index (χ3n) is 4.76. The molecule has 0 saturated carbocycles. The SMILES string of the molecule is Cc1nn(-c2ccc(C(=O)OCC(=O)N(CCC#N)c3ccc(F)cc3)cc2)c(C)c1Cl. The average Bonchev–Trinajstić information content (AvgIpc) is 3.06. The number of benzene rings is 2. The lowest BCUT2D eigenvalue weighted by atomic mass is 10.2. The maximum absolute atomic E-state index is 13.2. The maximum atomic E-state index is 13.2. The minimum Gasteiger partial charge on any atom is -0.452 e. The first-order valence-electron chi connectivity index (χ1n) is 9.74. The summed E-state index contributed by atoms with van der Waals surface area (Å²) in [6.07, 6.45) is 0.0782. The molecule has 0 radical (unpaired) electrons. The number of carbonyl (C=O) groups is 2. The minimum atomic E-state index is -0.671. The van der Waals surface area contributed by atoms with Crippen molar-refractivity contribution < 1.29 is 18.7 Å². The van der Waals surface area contributed by atoms with Crippen molar-refractivity contribution in [1.82, 2.24) is 9.78 Å². The third-order valence-corrected chi connectivity index (χ3v) is 5.31. The molecule has 0 aliphatic carbocycles. The highest BCUT2D eigenvalue weighted by atomic mass is 35.5. The largest absolute Gasteiger partial charge is 0.452 e. The number of halogens is 2. The molecule has 0 aliphatic heterocycles. The lowest BCUT2D eigenvalue weighted by Gasteiger charge is -2.21. The van der Waals surface area contributed by atoms with Crippen molar-refractivity contribution in [1.29, 1.82) is 5.26 Å². The van der Waals surface area contributed by atoms with Crippen LogP contribution >= 0.6 is 11.6 Å². The molecule has 0 N–H and O–H groups in total. The fraction of sp³-hybridized carbons (Fsp3) is 0.217. The number of carbonyl (C=O) groups excluding carboxylic acids is 2. The van der Waals surface area contributed by atoms with Crippen LogP contribution in [0.4, 0.5) is 10.1 Å². The number of rotatable bonds is 7. The van der Waals surface area contributed by atoms with Crippen LogP contribution in [0.5, 0.6) is 0 Å². The molecule has 3 rings (SSSR count). The van der Waals surface area contributed by atoms with Gasteiger partial charge in [0.1, 0.15) is 5.82 Å². The minimum absolute atomic E-state index is 0.0782. The zero-order valence-corrected chi connectivity index (χ0v) is 18.3. The summed E-state index contributed by atoms with van der Waals surface area (Å²) in [6.45, 7) is 3.23. The molecule has 1 amide bonds. The van der Waals surface area contributed by atoms with E-state index in [0.717, 1.165) is 11.4 Å². The number of hydrogen-bond acceptors (Lipinski definition) is 5. The molecule has 0 unspecified atom stereocenters. The molecule has 0 saturated heterocycles. The Morgan fingerprint density at radius 1 is 1.16 bits per heavy atom. The zero-order chi connectivity index (χ0) is 23.3. The van der Waals surface area contributed by atoms with Crippen LogP contribution in [0.3, 0.4) is 0 Å². The molecule has 0 fully saturated rings. The van der Waals surface area contributed by atoms with Gasteiger partial charge in [-0.3, -0.25) is 4.79 Å². The van der Waals surface area contributed by atoms with Crippen molar-refractivity contribution in [2.75, 3.05) is 18.1 Å². The number of esters is 1.